The van der Waals surface area contributed by atoms with E-state index in [1.165, 1.54) is 25.7 Å². The van der Waals surface area contributed by atoms with E-state index in [9.17, 15) is 0 Å². The predicted octanol–water partition coefficient (Wildman–Crippen LogP) is 4.70. The molecule has 92 valence electrons. The highest BCUT2D eigenvalue weighted by molar-refractivity contribution is 9.10. The molecule has 2 nitrogen and oxygen atoms in total. The molecule has 0 amide bonds. The van der Waals surface area contributed by atoms with Gasteiger partial charge >= 0.3 is 0 Å². The van der Waals surface area contributed by atoms with Gasteiger partial charge < -0.3 is 5.32 Å². The van der Waals surface area contributed by atoms with Crippen LogP contribution >= 0.6 is 15.9 Å². The van der Waals surface area contributed by atoms with Crippen LogP contribution in [0.25, 0.3) is 0 Å². The largest absolute Gasteiger partial charge is 0.382 e. The van der Waals surface area contributed by atoms with E-state index >= 15 is 0 Å². The summed E-state index contributed by atoms with van der Waals surface area (Å²) in [7, 11) is 0. The first-order chi connectivity index (χ1) is 8.17. The van der Waals surface area contributed by atoms with Crippen molar-refractivity contribution in [2.45, 2.75) is 45.6 Å². The SMILES string of the molecule is CCCCCC(C)Nc1ccc(C#N)cc1Br. The van der Waals surface area contributed by atoms with Crippen molar-refractivity contribution >= 4 is 21.6 Å². The number of rotatable bonds is 6. The number of unbranched alkanes of at least 4 members (excludes halogenated alkanes) is 2. The molecule has 0 spiro atoms. The van der Waals surface area contributed by atoms with Crippen LogP contribution in [0, 0.1) is 11.3 Å². The van der Waals surface area contributed by atoms with E-state index in [2.05, 4.69) is 41.2 Å². The smallest absolute Gasteiger partial charge is 0.0992 e. The molecule has 1 N–H and O–H groups in total. The molecule has 0 radical (unpaired) electrons. The van der Waals surface area contributed by atoms with Gasteiger partial charge in [-0.15, -0.1) is 0 Å². The van der Waals surface area contributed by atoms with Crippen LogP contribution in [0.3, 0.4) is 0 Å². The first kappa shape index (κ1) is 14.1. The minimum absolute atomic E-state index is 0.464. The van der Waals surface area contributed by atoms with Gasteiger partial charge in [0.05, 0.1) is 11.6 Å². The van der Waals surface area contributed by atoms with Crippen LogP contribution in [0.2, 0.25) is 0 Å². The predicted molar refractivity (Wildman–Crippen MR) is 76.1 cm³/mol. The van der Waals surface area contributed by atoms with E-state index in [4.69, 9.17) is 5.26 Å². The summed E-state index contributed by atoms with van der Waals surface area (Å²) in [4.78, 5) is 0. The average molecular weight is 295 g/mol. The van der Waals surface area contributed by atoms with Crippen molar-refractivity contribution in [1.29, 1.82) is 5.26 Å². The number of hydrogen-bond acceptors (Lipinski definition) is 2. The summed E-state index contributed by atoms with van der Waals surface area (Å²) in [6, 6.07) is 8.24. The fourth-order valence-electron chi connectivity index (χ4n) is 1.74. The lowest BCUT2D eigenvalue weighted by Crippen LogP contribution is -2.15. The Morgan fingerprint density at radius 1 is 1.41 bits per heavy atom. The Morgan fingerprint density at radius 2 is 2.18 bits per heavy atom. The molecule has 1 atom stereocenters. The Bertz CT molecular complexity index is 396. The van der Waals surface area contributed by atoms with Crippen molar-refractivity contribution in [2.24, 2.45) is 0 Å². The lowest BCUT2D eigenvalue weighted by atomic mass is 10.1. The van der Waals surface area contributed by atoms with Gasteiger partial charge in [-0.1, -0.05) is 26.2 Å². The van der Waals surface area contributed by atoms with Crippen molar-refractivity contribution in [3.8, 4) is 6.07 Å². The fraction of sp³-hybridized carbons (Fsp3) is 0.500. The van der Waals surface area contributed by atoms with Crippen molar-refractivity contribution in [1.82, 2.24) is 0 Å². The minimum atomic E-state index is 0.464. The van der Waals surface area contributed by atoms with Gasteiger partial charge in [0, 0.05) is 16.2 Å². The van der Waals surface area contributed by atoms with Crippen LogP contribution in [0.5, 0.6) is 0 Å². The lowest BCUT2D eigenvalue weighted by Gasteiger charge is -2.16. The van der Waals surface area contributed by atoms with E-state index in [-0.39, 0.29) is 0 Å². The second-order valence-corrected chi connectivity index (χ2v) is 5.20. The summed E-state index contributed by atoms with van der Waals surface area (Å²) in [5, 5.41) is 12.3. The third-order valence-corrected chi connectivity index (χ3v) is 3.40. The van der Waals surface area contributed by atoms with Gasteiger partial charge in [0.25, 0.3) is 0 Å². The number of halogens is 1. The summed E-state index contributed by atoms with van der Waals surface area (Å²) < 4.78 is 0.957. The second-order valence-electron chi connectivity index (χ2n) is 4.35. The molecule has 1 rings (SSSR count). The van der Waals surface area contributed by atoms with Gasteiger partial charge in [-0.2, -0.15) is 5.26 Å². The Labute approximate surface area is 112 Å². The Hall–Kier alpha value is -1.01. The zero-order chi connectivity index (χ0) is 12.7. The number of hydrogen-bond donors (Lipinski definition) is 1. The molecule has 0 aromatic heterocycles. The third kappa shape index (κ3) is 4.79. The molecule has 0 bridgehead atoms. The summed E-state index contributed by atoms with van der Waals surface area (Å²) in [5.74, 6) is 0. The van der Waals surface area contributed by atoms with Crippen molar-refractivity contribution in [3.63, 3.8) is 0 Å². The molecular formula is C14H19BrN2. The van der Waals surface area contributed by atoms with E-state index in [1.54, 1.807) is 0 Å². The summed E-state index contributed by atoms with van der Waals surface area (Å²) >= 11 is 3.48. The number of benzene rings is 1. The molecule has 1 aromatic carbocycles. The summed E-state index contributed by atoms with van der Waals surface area (Å²) in [6.07, 6.45) is 4.99. The molecule has 0 heterocycles. The molecule has 0 fully saturated rings. The van der Waals surface area contributed by atoms with Gasteiger partial charge in [0.1, 0.15) is 0 Å². The highest BCUT2D eigenvalue weighted by atomic mass is 79.9. The second kappa shape index (κ2) is 7.34. The van der Waals surface area contributed by atoms with Gasteiger partial charge in [0.2, 0.25) is 0 Å². The zero-order valence-electron chi connectivity index (χ0n) is 10.5. The zero-order valence-corrected chi connectivity index (χ0v) is 12.0. The summed E-state index contributed by atoms with van der Waals surface area (Å²) in [5.41, 5.74) is 1.74. The first-order valence-corrected chi connectivity index (χ1v) is 6.93. The topological polar surface area (TPSA) is 35.8 Å². The van der Waals surface area contributed by atoms with E-state index in [0.29, 0.717) is 11.6 Å². The molecule has 0 saturated carbocycles. The number of nitrogens with one attached hydrogen (secondary N) is 1. The van der Waals surface area contributed by atoms with Crippen LogP contribution in [-0.4, -0.2) is 6.04 Å². The molecule has 3 heteroatoms. The molecular weight excluding hydrogens is 276 g/mol. The molecule has 0 aliphatic carbocycles. The Balaban J connectivity index is 2.54. The van der Waals surface area contributed by atoms with Crippen molar-refractivity contribution in [2.75, 3.05) is 5.32 Å². The van der Waals surface area contributed by atoms with E-state index in [0.717, 1.165) is 10.2 Å². The van der Waals surface area contributed by atoms with Gasteiger partial charge in [-0.05, 0) is 47.5 Å². The summed E-state index contributed by atoms with van der Waals surface area (Å²) in [6.45, 7) is 4.41. The standard InChI is InChI=1S/C14H19BrN2/c1-3-4-5-6-11(2)17-14-8-7-12(10-16)9-13(14)15/h7-9,11,17H,3-6H2,1-2H3. The quantitative estimate of drug-likeness (QED) is 0.772. The normalized spacial score (nSPS) is 11.9. The van der Waals surface area contributed by atoms with Crippen LogP contribution in [0.1, 0.15) is 45.1 Å². The van der Waals surface area contributed by atoms with Crippen molar-refractivity contribution < 1.29 is 0 Å². The van der Waals surface area contributed by atoms with Crippen LogP contribution < -0.4 is 5.32 Å². The average Bonchev–Trinajstić information content (AvgIpc) is 2.32. The molecule has 1 aromatic rings. The Morgan fingerprint density at radius 3 is 2.76 bits per heavy atom. The van der Waals surface area contributed by atoms with Gasteiger partial charge in [-0.25, -0.2) is 0 Å². The van der Waals surface area contributed by atoms with E-state index in [1.807, 2.05) is 18.2 Å². The molecule has 0 aliphatic rings. The minimum Gasteiger partial charge on any atom is -0.382 e. The highest BCUT2D eigenvalue weighted by Crippen LogP contribution is 2.24. The van der Waals surface area contributed by atoms with Gasteiger partial charge in [0.15, 0.2) is 0 Å². The third-order valence-electron chi connectivity index (χ3n) is 2.74. The van der Waals surface area contributed by atoms with Crippen molar-refractivity contribution in [3.05, 3.63) is 28.2 Å². The maximum absolute atomic E-state index is 8.79. The molecule has 17 heavy (non-hydrogen) atoms. The van der Waals surface area contributed by atoms with Gasteiger partial charge in [-0.3, -0.25) is 0 Å². The highest BCUT2D eigenvalue weighted by Gasteiger charge is 2.05. The number of nitrogens with zero attached hydrogens (tertiary/aromatic N) is 1. The number of nitriles is 1. The molecule has 0 aliphatic heterocycles. The first-order valence-electron chi connectivity index (χ1n) is 6.13. The van der Waals surface area contributed by atoms with Crippen LogP contribution in [0.4, 0.5) is 5.69 Å². The maximum atomic E-state index is 8.79. The maximum Gasteiger partial charge on any atom is 0.0992 e. The Kier molecular flexibility index (Phi) is 6.07. The lowest BCUT2D eigenvalue weighted by molar-refractivity contribution is 0.615. The number of anilines is 1. The molecule has 1 unspecified atom stereocenters. The van der Waals surface area contributed by atoms with Crippen LogP contribution in [0.15, 0.2) is 22.7 Å². The van der Waals surface area contributed by atoms with Crippen LogP contribution in [-0.2, 0) is 0 Å². The molecule has 0 saturated heterocycles. The van der Waals surface area contributed by atoms with E-state index < -0.39 is 0 Å². The fourth-order valence-corrected chi connectivity index (χ4v) is 2.23. The monoisotopic (exact) mass is 294 g/mol.